The maximum absolute atomic E-state index is 13.7. The standard InChI is InChI=1S/C13H13F2N3O2/c1-12(6-13(12,14)15)18-8(10(16)19)5-7-3-4-17(2)11(20)9(7)18/h3-5H,6H2,1-2H3,(H2,16,19). The van der Waals surface area contributed by atoms with Crippen molar-refractivity contribution >= 4 is 16.8 Å². The van der Waals surface area contributed by atoms with Crippen LogP contribution < -0.4 is 11.3 Å². The normalized spacial score (nSPS) is 24.0. The lowest BCUT2D eigenvalue weighted by molar-refractivity contribution is 0.0728. The number of pyridine rings is 1. The molecule has 0 bridgehead atoms. The van der Waals surface area contributed by atoms with E-state index in [0.29, 0.717) is 5.39 Å². The third-order valence-corrected chi connectivity index (χ3v) is 4.01. The summed E-state index contributed by atoms with van der Waals surface area (Å²) in [6.07, 6.45) is 1.11. The highest BCUT2D eigenvalue weighted by Crippen LogP contribution is 2.59. The van der Waals surface area contributed by atoms with E-state index in [1.807, 2.05) is 0 Å². The number of hydrogen-bond acceptors (Lipinski definition) is 2. The zero-order chi connectivity index (χ0) is 14.9. The number of alkyl halides is 2. The molecule has 20 heavy (non-hydrogen) atoms. The van der Waals surface area contributed by atoms with E-state index >= 15 is 0 Å². The zero-order valence-electron chi connectivity index (χ0n) is 11.0. The fourth-order valence-electron chi connectivity index (χ4n) is 2.63. The Kier molecular flexibility index (Phi) is 2.23. The minimum atomic E-state index is -2.95. The summed E-state index contributed by atoms with van der Waals surface area (Å²) in [6, 6.07) is 2.99. The largest absolute Gasteiger partial charge is 0.364 e. The lowest BCUT2D eigenvalue weighted by Crippen LogP contribution is -2.30. The molecule has 1 aliphatic carbocycles. The predicted molar refractivity (Wildman–Crippen MR) is 68.9 cm³/mol. The Labute approximate surface area is 112 Å². The van der Waals surface area contributed by atoms with Gasteiger partial charge in [0.1, 0.15) is 16.7 Å². The molecule has 2 aromatic rings. The third-order valence-electron chi connectivity index (χ3n) is 4.01. The van der Waals surface area contributed by atoms with Gasteiger partial charge in [0.2, 0.25) is 0 Å². The molecule has 5 nitrogen and oxygen atoms in total. The predicted octanol–water partition coefficient (Wildman–Crippen LogP) is 1.19. The first kappa shape index (κ1) is 12.8. The molecule has 1 aliphatic rings. The Morgan fingerprint density at radius 3 is 2.55 bits per heavy atom. The average molecular weight is 281 g/mol. The van der Waals surface area contributed by atoms with E-state index in [1.54, 1.807) is 6.07 Å². The van der Waals surface area contributed by atoms with E-state index in [2.05, 4.69) is 0 Å². The Morgan fingerprint density at radius 2 is 2.05 bits per heavy atom. The van der Waals surface area contributed by atoms with Gasteiger partial charge in [-0.05, 0) is 19.1 Å². The van der Waals surface area contributed by atoms with Crippen molar-refractivity contribution in [3.8, 4) is 0 Å². The molecule has 7 heteroatoms. The molecule has 0 aliphatic heterocycles. The van der Waals surface area contributed by atoms with Crippen LogP contribution in [-0.4, -0.2) is 21.0 Å². The van der Waals surface area contributed by atoms with Gasteiger partial charge in [-0.15, -0.1) is 0 Å². The Morgan fingerprint density at radius 1 is 1.45 bits per heavy atom. The molecule has 2 N–H and O–H groups in total. The maximum atomic E-state index is 13.7. The van der Waals surface area contributed by atoms with Crippen LogP contribution in [0.15, 0.2) is 23.1 Å². The van der Waals surface area contributed by atoms with Gasteiger partial charge in [0.15, 0.2) is 0 Å². The first-order valence-electron chi connectivity index (χ1n) is 6.08. The van der Waals surface area contributed by atoms with E-state index in [4.69, 9.17) is 5.73 Å². The molecule has 1 saturated carbocycles. The van der Waals surface area contributed by atoms with Crippen LogP contribution in [0.2, 0.25) is 0 Å². The van der Waals surface area contributed by atoms with Gasteiger partial charge >= 0.3 is 0 Å². The number of aryl methyl sites for hydroxylation is 1. The number of nitrogens with two attached hydrogens (primary N) is 1. The van der Waals surface area contributed by atoms with Crippen molar-refractivity contribution in [2.24, 2.45) is 12.8 Å². The number of amides is 1. The summed E-state index contributed by atoms with van der Waals surface area (Å²) >= 11 is 0. The molecule has 1 amide bonds. The molecular formula is C13H13F2N3O2. The van der Waals surface area contributed by atoms with E-state index in [0.717, 1.165) is 4.57 Å². The SMILES string of the molecule is Cn1ccc2cc(C(N)=O)n(C3(C)CC3(F)F)c2c1=O. The summed E-state index contributed by atoms with van der Waals surface area (Å²) in [6.45, 7) is 1.32. The number of hydrogen-bond donors (Lipinski definition) is 1. The third kappa shape index (κ3) is 1.40. The lowest BCUT2D eigenvalue weighted by Gasteiger charge is -2.17. The number of rotatable bonds is 2. The topological polar surface area (TPSA) is 70.0 Å². The molecule has 106 valence electrons. The summed E-state index contributed by atoms with van der Waals surface area (Å²) in [5.74, 6) is -3.78. The molecule has 0 aromatic carbocycles. The van der Waals surface area contributed by atoms with Gasteiger partial charge in [-0.1, -0.05) is 0 Å². The zero-order valence-corrected chi connectivity index (χ0v) is 11.0. The first-order chi connectivity index (χ1) is 9.19. The minimum Gasteiger partial charge on any atom is -0.364 e. The summed E-state index contributed by atoms with van der Waals surface area (Å²) in [4.78, 5) is 23.7. The summed E-state index contributed by atoms with van der Waals surface area (Å²) in [7, 11) is 1.52. The van der Waals surface area contributed by atoms with Gasteiger partial charge in [0.05, 0.1) is 0 Å². The Bertz CT molecular complexity index is 806. The van der Waals surface area contributed by atoms with Crippen molar-refractivity contribution in [1.82, 2.24) is 9.13 Å². The lowest BCUT2D eigenvalue weighted by atomic mass is 10.2. The molecule has 2 aromatic heterocycles. The van der Waals surface area contributed by atoms with Crippen LogP contribution in [0.4, 0.5) is 8.78 Å². The van der Waals surface area contributed by atoms with Gasteiger partial charge in [0.25, 0.3) is 17.4 Å². The smallest absolute Gasteiger partial charge is 0.274 e. The molecule has 1 unspecified atom stereocenters. The van der Waals surface area contributed by atoms with Gasteiger partial charge < -0.3 is 14.9 Å². The molecule has 2 heterocycles. The van der Waals surface area contributed by atoms with Crippen LogP contribution in [0.25, 0.3) is 10.9 Å². The quantitative estimate of drug-likeness (QED) is 0.898. The fourth-order valence-corrected chi connectivity index (χ4v) is 2.63. The van der Waals surface area contributed by atoms with Crippen molar-refractivity contribution < 1.29 is 13.6 Å². The van der Waals surface area contributed by atoms with Crippen molar-refractivity contribution in [1.29, 1.82) is 0 Å². The van der Waals surface area contributed by atoms with Crippen LogP contribution in [0, 0.1) is 0 Å². The average Bonchev–Trinajstić information content (AvgIpc) is 2.74. The first-order valence-corrected chi connectivity index (χ1v) is 6.08. The summed E-state index contributed by atoms with van der Waals surface area (Å²) in [5, 5.41) is 0.436. The number of primary amides is 1. The van der Waals surface area contributed by atoms with Gasteiger partial charge in [0, 0.05) is 25.1 Å². The van der Waals surface area contributed by atoms with Gasteiger partial charge in [-0.25, -0.2) is 8.78 Å². The molecule has 1 atom stereocenters. The second-order valence-electron chi connectivity index (χ2n) is 5.42. The monoisotopic (exact) mass is 281 g/mol. The summed E-state index contributed by atoms with van der Waals surface area (Å²) < 4.78 is 29.7. The van der Waals surface area contributed by atoms with Crippen LogP contribution >= 0.6 is 0 Å². The fraction of sp³-hybridized carbons (Fsp3) is 0.385. The molecule has 0 radical (unpaired) electrons. The maximum Gasteiger partial charge on any atom is 0.274 e. The molecular weight excluding hydrogens is 268 g/mol. The number of halogens is 2. The number of carbonyl (C=O) groups excluding carboxylic acids is 1. The van der Waals surface area contributed by atoms with Gasteiger partial charge in [-0.3, -0.25) is 9.59 Å². The number of carbonyl (C=O) groups is 1. The molecule has 0 saturated heterocycles. The molecule has 1 fully saturated rings. The van der Waals surface area contributed by atoms with Crippen molar-refractivity contribution in [2.75, 3.05) is 0 Å². The minimum absolute atomic E-state index is 0.0667. The second-order valence-corrected chi connectivity index (χ2v) is 5.42. The highest BCUT2D eigenvalue weighted by molar-refractivity contribution is 5.98. The molecule has 3 rings (SSSR count). The summed E-state index contributed by atoms with van der Waals surface area (Å²) in [5.41, 5.74) is 3.28. The Hall–Kier alpha value is -2.18. The highest BCUT2D eigenvalue weighted by atomic mass is 19.3. The van der Waals surface area contributed by atoms with Crippen molar-refractivity contribution in [3.05, 3.63) is 34.4 Å². The van der Waals surface area contributed by atoms with E-state index in [-0.39, 0.29) is 11.2 Å². The van der Waals surface area contributed by atoms with Crippen molar-refractivity contribution in [2.45, 2.75) is 24.8 Å². The number of fused-ring (bicyclic) bond motifs is 1. The van der Waals surface area contributed by atoms with Crippen LogP contribution in [0.3, 0.4) is 0 Å². The van der Waals surface area contributed by atoms with Gasteiger partial charge in [-0.2, -0.15) is 0 Å². The number of nitrogens with zero attached hydrogens (tertiary/aromatic N) is 2. The van der Waals surface area contributed by atoms with Crippen LogP contribution in [0.5, 0.6) is 0 Å². The van der Waals surface area contributed by atoms with Crippen molar-refractivity contribution in [3.63, 3.8) is 0 Å². The van der Waals surface area contributed by atoms with Crippen LogP contribution in [0.1, 0.15) is 23.8 Å². The van der Waals surface area contributed by atoms with Crippen LogP contribution in [-0.2, 0) is 12.6 Å². The Balaban J connectivity index is 2.45. The second kappa shape index (κ2) is 3.47. The van der Waals surface area contributed by atoms with E-state index < -0.39 is 29.3 Å². The number of aromatic nitrogens is 2. The van der Waals surface area contributed by atoms with E-state index in [1.165, 1.54) is 30.8 Å². The van der Waals surface area contributed by atoms with E-state index in [9.17, 15) is 18.4 Å². The molecule has 0 spiro atoms. The highest BCUT2D eigenvalue weighted by Gasteiger charge is 2.70.